The number of amides is 2. The fourth-order valence-corrected chi connectivity index (χ4v) is 3.48. The highest BCUT2D eigenvalue weighted by molar-refractivity contribution is 6.34. The maximum absolute atomic E-state index is 12.7. The van der Waals surface area contributed by atoms with Gasteiger partial charge in [-0.1, -0.05) is 66.2 Å². The van der Waals surface area contributed by atoms with Gasteiger partial charge in [0.15, 0.2) is 0 Å². The number of carbonyl (C=O) groups is 2. The first-order chi connectivity index (χ1) is 15.5. The number of phenols is 1. The van der Waals surface area contributed by atoms with Crippen LogP contribution >= 0.6 is 11.6 Å². The lowest BCUT2D eigenvalue weighted by atomic mass is 10.0. The Morgan fingerprint density at radius 1 is 0.812 bits per heavy atom. The van der Waals surface area contributed by atoms with Crippen molar-refractivity contribution in [1.29, 1.82) is 0 Å². The Morgan fingerprint density at radius 3 is 2.31 bits per heavy atom. The number of hydrogen-bond donors (Lipinski definition) is 3. The van der Waals surface area contributed by atoms with E-state index in [1.54, 1.807) is 60.7 Å². The van der Waals surface area contributed by atoms with Crippen LogP contribution in [0.1, 0.15) is 26.3 Å². The number of rotatable bonds is 5. The van der Waals surface area contributed by atoms with Crippen molar-refractivity contribution in [2.75, 3.05) is 5.32 Å². The summed E-state index contributed by atoms with van der Waals surface area (Å²) in [5, 5.41) is 19.0. The zero-order valence-corrected chi connectivity index (χ0v) is 17.5. The summed E-state index contributed by atoms with van der Waals surface area (Å²) in [5.74, 6) is -0.898. The number of anilines is 1. The van der Waals surface area contributed by atoms with Gasteiger partial charge in [0.25, 0.3) is 11.8 Å². The molecule has 4 aromatic rings. The van der Waals surface area contributed by atoms with Crippen LogP contribution in [0.15, 0.2) is 90.0 Å². The number of hydrogen-bond acceptors (Lipinski definition) is 4. The molecule has 0 atom stereocenters. The molecular weight excluding hydrogens is 426 g/mol. The molecule has 158 valence electrons. The zero-order valence-electron chi connectivity index (χ0n) is 16.7. The molecule has 3 N–H and O–H groups in total. The first-order valence-corrected chi connectivity index (χ1v) is 10.1. The smallest absolute Gasteiger partial charge is 0.273 e. The summed E-state index contributed by atoms with van der Waals surface area (Å²) in [6.07, 6.45) is 1.39. The van der Waals surface area contributed by atoms with Crippen LogP contribution in [0.5, 0.6) is 5.75 Å². The van der Waals surface area contributed by atoms with E-state index in [-0.39, 0.29) is 11.3 Å². The molecule has 0 aliphatic rings. The van der Waals surface area contributed by atoms with Gasteiger partial charge in [-0.15, -0.1) is 0 Å². The highest BCUT2D eigenvalue weighted by Crippen LogP contribution is 2.25. The number of halogens is 1. The van der Waals surface area contributed by atoms with Crippen LogP contribution < -0.4 is 10.7 Å². The highest BCUT2D eigenvalue weighted by atomic mass is 35.5. The fourth-order valence-electron chi connectivity index (χ4n) is 3.26. The Hall–Kier alpha value is -4.16. The third-order valence-electron chi connectivity index (χ3n) is 4.85. The van der Waals surface area contributed by atoms with Gasteiger partial charge in [-0.05, 0) is 41.1 Å². The summed E-state index contributed by atoms with van der Waals surface area (Å²) in [4.78, 5) is 25.3. The van der Waals surface area contributed by atoms with Crippen molar-refractivity contribution < 1.29 is 14.7 Å². The zero-order chi connectivity index (χ0) is 22.5. The van der Waals surface area contributed by atoms with Crippen molar-refractivity contribution in [2.24, 2.45) is 5.10 Å². The van der Waals surface area contributed by atoms with Gasteiger partial charge >= 0.3 is 0 Å². The average molecular weight is 444 g/mol. The largest absolute Gasteiger partial charge is 0.507 e. The lowest BCUT2D eigenvalue weighted by Gasteiger charge is -2.11. The number of fused-ring (bicyclic) bond motifs is 1. The van der Waals surface area contributed by atoms with Crippen molar-refractivity contribution in [3.05, 3.63) is 107 Å². The van der Waals surface area contributed by atoms with Gasteiger partial charge < -0.3 is 10.4 Å². The topological polar surface area (TPSA) is 90.8 Å². The van der Waals surface area contributed by atoms with Gasteiger partial charge in [0.05, 0.1) is 28.1 Å². The molecule has 32 heavy (non-hydrogen) atoms. The van der Waals surface area contributed by atoms with Crippen molar-refractivity contribution in [3.63, 3.8) is 0 Å². The van der Waals surface area contributed by atoms with Crippen molar-refractivity contribution in [1.82, 2.24) is 5.43 Å². The van der Waals surface area contributed by atoms with Gasteiger partial charge in [-0.2, -0.15) is 5.10 Å². The lowest BCUT2D eigenvalue weighted by Crippen LogP contribution is -2.21. The molecule has 4 aromatic carbocycles. The molecule has 4 rings (SSSR count). The number of para-hydroxylation sites is 1. The monoisotopic (exact) mass is 443 g/mol. The van der Waals surface area contributed by atoms with Crippen LogP contribution in [0.4, 0.5) is 5.69 Å². The molecular formula is C25H18ClN3O3. The van der Waals surface area contributed by atoms with E-state index in [1.165, 1.54) is 6.21 Å². The van der Waals surface area contributed by atoms with E-state index in [9.17, 15) is 14.7 Å². The second-order valence-electron chi connectivity index (χ2n) is 6.90. The molecule has 6 nitrogen and oxygen atoms in total. The van der Waals surface area contributed by atoms with E-state index in [2.05, 4.69) is 15.8 Å². The van der Waals surface area contributed by atoms with Gasteiger partial charge in [0.2, 0.25) is 0 Å². The van der Waals surface area contributed by atoms with Crippen LogP contribution in [0.25, 0.3) is 10.8 Å². The van der Waals surface area contributed by atoms with E-state index in [1.807, 2.05) is 24.3 Å². The molecule has 0 aliphatic heterocycles. The summed E-state index contributed by atoms with van der Waals surface area (Å²) in [6.45, 7) is 0. The molecule has 0 saturated carbocycles. The molecule has 0 spiro atoms. The number of nitrogens with one attached hydrogen (secondary N) is 2. The maximum atomic E-state index is 12.7. The number of hydrazone groups is 1. The molecule has 0 unspecified atom stereocenters. The molecule has 0 saturated heterocycles. The molecule has 0 heterocycles. The van der Waals surface area contributed by atoms with Crippen LogP contribution in [0, 0.1) is 0 Å². The summed E-state index contributed by atoms with van der Waals surface area (Å²) in [6, 6.07) is 24.1. The predicted octanol–water partition coefficient (Wildman–Crippen LogP) is 5.22. The standard InChI is InChI=1S/C25H18ClN3O3/c26-21-11-5-3-9-18(21)24(31)28-22-12-6-4-10-19(22)25(32)29-27-15-20-17-8-2-1-7-16(17)13-14-23(20)30/h1-15,30H,(H,28,31)(H,29,32)/b27-15-. The van der Waals surface area contributed by atoms with Crippen molar-refractivity contribution in [3.8, 4) is 5.75 Å². The number of aromatic hydroxyl groups is 1. The van der Waals surface area contributed by atoms with Crippen LogP contribution in [0.3, 0.4) is 0 Å². The minimum absolute atomic E-state index is 0.0501. The normalized spacial score (nSPS) is 10.9. The van der Waals surface area contributed by atoms with Gasteiger partial charge in [-0.25, -0.2) is 5.43 Å². The van der Waals surface area contributed by atoms with E-state index in [4.69, 9.17) is 11.6 Å². The summed E-state index contributed by atoms with van der Waals surface area (Å²) < 4.78 is 0. The van der Waals surface area contributed by atoms with Crippen molar-refractivity contribution >= 4 is 46.1 Å². The quantitative estimate of drug-likeness (QED) is 0.292. The van der Waals surface area contributed by atoms with Crippen LogP contribution in [-0.4, -0.2) is 23.1 Å². The Labute approximate surface area is 189 Å². The average Bonchev–Trinajstić information content (AvgIpc) is 2.81. The second-order valence-corrected chi connectivity index (χ2v) is 7.31. The van der Waals surface area contributed by atoms with Gasteiger partial charge in [-0.3, -0.25) is 9.59 Å². The van der Waals surface area contributed by atoms with E-state index < -0.39 is 11.8 Å². The second kappa shape index (κ2) is 9.32. The summed E-state index contributed by atoms with van der Waals surface area (Å²) >= 11 is 6.09. The first kappa shape index (κ1) is 21.1. The lowest BCUT2D eigenvalue weighted by molar-refractivity contribution is 0.0956. The molecule has 2 amide bonds. The molecule has 7 heteroatoms. The molecule has 0 bridgehead atoms. The Kier molecular flexibility index (Phi) is 6.14. The van der Waals surface area contributed by atoms with Crippen LogP contribution in [-0.2, 0) is 0 Å². The van der Waals surface area contributed by atoms with Crippen LogP contribution in [0.2, 0.25) is 5.02 Å². The maximum Gasteiger partial charge on any atom is 0.273 e. The highest BCUT2D eigenvalue weighted by Gasteiger charge is 2.15. The van der Waals surface area contributed by atoms with Gasteiger partial charge in [0.1, 0.15) is 5.75 Å². The first-order valence-electron chi connectivity index (χ1n) is 9.73. The number of nitrogens with zero attached hydrogens (tertiary/aromatic N) is 1. The van der Waals surface area contributed by atoms with E-state index >= 15 is 0 Å². The molecule has 0 aromatic heterocycles. The van der Waals surface area contributed by atoms with E-state index in [0.29, 0.717) is 21.8 Å². The Balaban J connectivity index is 1.54. The number of carbonyl (C=O) groups excluding carboxylic acids is 2. The van der Waals surface area contributed by atoms with Gasteiger partial charge in [0, 0.05) is 5.56 Å². The Morgan fingerprint density at radius 2 is 1.50 bits per heavy atom. The third kappa shape index (κ3) is 4.45. The minimum Gasteiger partial charge on any atom is -0.507 e. The molecule has 0 radical (unpaired) electrons. The third-order valence-corrected chi connectivity index (χ3v) is 5.18. The SMILES string of the molecule is O=C(Nc1ccccc1C(=O)N/N=C\c1c(O)ccc2ccccc12)c1ccccc1Cl. The van der Waals surface area contributed by atoms with E-state index in [0.717, 1.165) is 10.8 Å². The number of phenolic OH excluding ortho intramolecular Hbond substituents is 1. The predicted molar refractivity (Wildman–Crippen MR) is 127 cm³/mol. The minimum atomic E-state index is -0.518. The summed E-state index contributed by atoms with van der Waals surface area (Å²) in [7, 11) is 0. The summed E-state index contributed by atoms with van der Waals surface area (Å²) in [5.41, 5.74) is 3.78. The fraction of sp³-hybridized carbons (Fsp3) is 0. The van der Waals surface area contributed by atoms with Crippen molar-refractivity contribution in [2.45, 2.75) is 0 Å². The molecule has 0 aliphatic carbocycles. The number of benzene rings is 4. The Bertz CT molecular complexity index is 1350. The molecule has 0 fully saturated rings.